The molecule has 3 rings (SSSR count). The molecule has 0 fully saturated rings. The van der Waals surface area contributed by atoms with Gasteiger partial charge in [-0.3, -0.25) is 4.79 Å². The van der Waals surface area contributed by atoms with Crippen LogP contribution in [0.15, 0.2) is 37.9 Å². The molecule has 2 aromatic heterocycles. The van der Waals surface area contributed by atoms with Crippen molar-refractivity contribution in [3.63, 3.8) is 0 Å². The lowest BCUT2D eigenvalue weighted by Gasteiger charge is -2.10. The average Bonchev–Trinajstić information content (AvgIpc) is 2.98. The van der Waals surface area contributed by atoms with E-state index in [4.69, 9.17) is 18.3 Å². The third-order valence-corrected chi connectivity index (χ3v) is 3.73. The lowest BCUT2D eigenvalue weighted by atomic mass is 10.1. The predicted molar refractivity (Wildman–Crippen MR) is 87.5 cm³/mol. The second-order valence-electron chi connectivity index (χ2n) is 5.37. The number of methoxy groups -OCH3 is 1. The minimum atomic E-state index is -0.584. The van der Waals surface area contributed by atoms with Gasteiger partial charge in [-0.05, 0) is 32.0 Å². The Labute approximate surface area is 137 Å². The van der Waals surface area contributed by atoms with Crippen LogP contribution in [0.4, 0.5) is 0 Å². The highest BCUT2D eigenvalue weighted by Crippen LogP contribution is 2.36. The molecule has 0 unspecified atom stereocenters. The van der Waals surface area contributed by atoms with Gasteiger partial charge in [-0.15, -0.1) is 0 Å². The zero-order valence-electron chi connectivity index (χ0n) is 13.8. The molecule has 0 N–H and O–H groups in total. The lowest BCUT2D eigenvalue weighted by Crippen LogP contribution is -2.12. The second-order valence-corrected chi connectivity index (χ2v) is 5.37. The van der Waals surface area contributed by atoms with Gasteiger partial charge in [-0.1, -0.05) is 6.07 Å². The summed E-state index contributed by atoms with van der Waals surface area (Å²) in [7, 11) is 1.57. The molecule has 0 saturated carbocycles. The van der Waals surface area contributed by atoms with Crippen LogP contribution in [-0.2, 0) is 4.79 Å². The van der Waals surface area contributed by atoms with Gasteiger partial charge >= 0.3 is 11.6 Å². The summed E-state index contributed by atoms with van der Waals surface area (Å²) in [4.78, 5) is 23.4. The van der Waals surface area contributed by atoms with E-state index in [0.717, 1.165) is 5.39 Å². The van der Waals surface area contributed by atoms with Crippen LogP contribution in [0, 0.1) is 13.8 Å². The number of esters is 1. The van der Waals surface area contributed by atoms with Gasteiger partial charge in [-0.2, -0.15) is 0 Å². The Morgan fingerprint density at radius 1 is 1.12 bits per heavy atom. The van der Waals surface area contributed by atoms with Crippen molar-refractivity contribution >= 4 is 16.9 Å². The van der Waals surface area contributed by atoms with Crippen LogP contribution in [0.2, 0.25) is 0 Å². The molecule has 1 aromatic carbocycles. The molecule has 0 aliphatic heterocycles. The molecular weight excluding hydrogens is 312 g/mol. The first-order valence-electron chi connectivity index (χ1n) is 7.32. The summed E-state index contributed by atoms with van der Waals surface area (Å²) in [5.41, 5.74) is 0.765. The molecule has 0 spiro atoms. The third-order valence-electron chi connectivity index (χ3n) is 3.73. The monoisotopic (exact) mass is 328 g/mol. The number of carbonyl (C=O) groups excluding carboxylic acids is 1. The van der Waals surface area contributed by atoms with E-state index in [-0.39, 0.29) is 17.1 Å². The highest BCUT2D eigenvalue weighted by atomic mass is 16.5. The molecule has 6 heteroatoms. The first-order chi connectivity index (χ1) is 11.4. The topological polar surface area (TPSA) is 78.9 Å². The number of fused-ring (bicyclic) bond motifs is 1. The summed E-state index contributed by atoms with van der Waals surface area (Å²) in [6.45, 7) is 4.52. The normalized spacial score (nSPS) is 10.8. The third kappa shape index (κ3) is 2.56. The van der Waals surface area contributed by atoms with E-state index in [1.54, 1.807) is 39.2 Å². The first kappa shape index (κ1) is 15.9. The van der Waals surface area contributed by atoms with Crippen LogP contribution >= 0.6 is 0 Å². The van der Waals surface area contributed by atoms with Crippen molar-refractivity contribution in [1.29, 1.82) is 0 Å². The van der Waals surface area contributed by atoms with Gasteiger partial charge in [0.2, 0.25) is 0 Å². The molecule has 24 heavy (non-hydrogen) atoms. The van der Waals surface area contributed by atoms with Crippen molar-refractivity contribution < 1.29 is 23.1 Å². The molecule has 0 radical (unpaired) electrons. The van der Waals surface area contributed by atoms with E-state index in [9.17, 15) is 9.59 Å². The Hall–Kier alpha value is -3.02. The summed E-state index contributed by atoms with van der Waals surface area (Å²) in [6.07, 6.45) is 0. The van der Waals surface area contributed by atoms with E-state index < -0.39 is 11.6 Å². The van der Waals surface area contributed by atoms with Crippen LogP contribution in [-0.4, -0.2) is 13.1 Å². The predicted octanol–water partition coefficient (Wildman–Crippen LogP) is 3.60. The van der Waals surface area contributed by atoms with Crippen molar-refractivity contribution in [3.8, 4) is 23.0 Å². The fraction of sp³-hybridized carbons (Fsp3) is 0.222. The highest BCUT2D eigenvalue weighted by molar-refractivity contribution is 5.88. The molecule has 124 valence electrons. The molecule has 3 aromatic rings. The van der Waals surface area contributed by atoms with E-state index in [1.807, 2.05) is 6.07 Å². The summed E-state index contributed by atoms with van der Waals surface area (Å²) in [5, 5.41) is 0.756. The summed E-state index contributed by atoms with van der Waals surface area (Å²) >= 11 is 0. The number of furan rings is 1. The maximum Gasteiger partial charge on any atom is 0.343 e. The van der Waals surface area contributed by atoms with Crippen molar-refractivity contribution in [1.82, 2.24) is 0 Å². The van der Waals surface area contributed by atoms with Crippen LogP contribution < -0.4 is 15.1 Å². The molecule has 2 heterocycles. The van der Waals surface area contributed by atoms with E-state index in [1.165, 1.54) is 6.92 Å². The van der Waals surface area contributed by atoms with Crippen LogP contribution in [0.1, 0.15) is 18.1 Å². The molecule has 0 aliphatic rings. The van der Waals surface area contributed by atoms with Crippen molar-refractivity contribution in [2.24, 2.45) is 0 Å². The number of hydrogen-bond acceptors (Lipinski definition) is 6. The fourth-order valence-electron chi connectivity index (χ4n) is 2.58. The Kier molecular flexibility index (Phi) is 3.89. The number of ether oxygens (including phenoxy) is 2. The maximum absolute atomic E-state index is 12.1. The minimum absolute atomic E-state index is 0.196. The molecule has 6 nitrogen and oxygen atoms in total. The Bertz CT molecular complexity index is 993. The van der Waals surface area contributed by atoms with Gasteiger partial charge in [0.1, 0.15) is 17.1 Å². The van der Waals surface area contributed by atoms with Gasteiger partial charge in [-0.25, -0.2) is 4.79 Å². The second kappa shape index (κ2) is 5.88. The number of hydrogen-bond donors (Lipinski definition) is 0. The average molecular weight is 328 g/mol. The fourth-order valence-corrected chi connectivity index (χ4v) is 2.58. The molecule has 0 saturated heterocycles. The SMILES string of the molecule is COc1cccc2oc(-c3oc(=O)c(C)c(OC(C)=O)c3C)cc12. The summed E-state index contributed by atoms with van der Waals surface area (Å²) in [5.74, 6) is 0.914. The van der Waals surface area contributed by atoms with E-state index in [0.29, 0.717) is 22.7 Å². The Morgan fingerprint density at radius 2 is 1.88 bits per heavy atom. The van der Waals surface area contributed by atoms with Crippen LogP contribution in [0.3, 0.4) is 0 Å². The van der Waals surface area contributed by atoms with Gasteiger partial charge in [0.25, 0.3) is 0 Å². The van der Waals surface area contributed by atoms with Crippen molar-refractivity contribution in [2.75, 3.05) is 7.11 Å². The molecule has 0 bridgehead atoms. The van der Waals surface area contributed by atoms with Gasteiger partial charge in [0, 0.05) is 12.5 Å². The van der Waals surface area contributed by atoms with Gasteiger partial charge in [0.05, 0.1) is 18.1 Å². The highest BCUT2D eigenvalue weighted by Gasteiger charge is 2.21. The smallest absolute Gasteiger partial charge is 0.343 e. The number of carbonyl (C=O) groups is 1. The van der Waals surface area contributed by atoms with Gasteiger partial charge < -0.3 is 18.3 Å². The first-order valence-corrected chi connectivity index (χ1v) is 7.32. The maximum atomic E-state index is 12.1. The number of rotatable bonds is 3. The largest absolute Gasteiger partial charge is 0.496 e. The van der Waals surface area contributed by atoms with Crippen LogP contribution in [0.25, 0.3) is 22.5 Å². The Morgan fingerprint density at radius 3 is 2.54 bits per heavy atom. The molecule has 0 aliphatic carbocycles. The molecule has 0 atom stereocenters. The van der Waals surface area contributed by atoms with E-state index >= 15 is 0 Å². The molecular formula is C18H16O6. The summed E-state index contributed by atoms with van der Waals surface area (Å²) in [6, 6.07) is 7.13. The van der Waals surface area contributed by atoms with Crippen molar-refractivity contribution in [3.05, 3.63) is 45.8 Å². The minimum Gasteiger partial charge on any atom is -0.496 e. The zero-order valence-corrected chi connectivity index (χ0v) is 13.8. The summed E-state index contributed by atoms with van der Waals surface area (Å²) < 4.78 is 21.6. The van der Waals surface area contributed by atoms with E-state index in [2.05, 4.69) is 0 Å². The van der Waals surface area contributed by atoms with Crippen LogP contribution in [0.5, 0.6) is 11.5 Å². The lowest BCUT2D eigenvalue weighted by molar-refractivity contribution is -0.132. The standard InChI is InChI=1S/C18H16O6/c1-9-16(22-11(3)19)10(2)18(20)24-17(9)15-8-12-13(21-4)6-5-7-14(12)23-15/h5-8H,1-4H3. The van der Waals surface area contributed by atoms with Crippen molar-refractivity contribution in [2.45, 2.75) is 20.8 Å². The zero-order chi connectivity index (χ0) is 17.4. The Balaban J connectivity index is 2.25. The number of benzene rings is 1. The van der Waals surface area contributed by atoms with Gasteiger partial charge in [0.15, 0.2) is 11.5 Å². The molecule has 0 amide bonds. The quantitative estimate of drug-likeness (QED) is 0.684.